The lowest BCUT2D eigenvalue weighted by atomic mass is 10.3. The molecule has 122 valence electrons. The van der Waals surface area contributed by atoms with E-state index in [1.54, 1.807) is 18.4 Å². The molecule has 0 atom stereocenters. The summed E-state index contributed by atoms with van der Waals surface area (Å²) in [4.78, 5) is 26.5. The number of hydrogen-bond donors (Lipinski definition) is 1. The van der Waals surface area contributed by atoms with Crippen LogP contribution < -0.4 is 5.32 Å². The number of benzene rings is 1. The molecule has 0 bridgehead atoms. The SMILES string of the molecule is CN(CC(=O)Nc1ccc(F)cc1)C(=O)CSCc1cccs1. The third-order valence-electron chi connectivity index (χ3n) is 2.98. The number of likely N-dealkylation sites (N-methyl/N-ethyl adjacent to an activating group) is 1. The lowest BCUT2D eigenvalue weighted by Gasteiger charge is -2.16. The summed E-state index contributed by atoms with van der Waals surface area (Å²) in [5, 5.41) is 4.63. The van der Waals surface area contributed by atoms with Crippen molar-refractivity contribution in [1.82, 2.24) is 4.90 Å². The molecular formula is C16H17FN2O2S2. The van der Waals surface area contributed by atoms with Crippen LogP contribution in [0.5, 0.6) is 0 Å². The van der Waals surface area contributed by atoms with Crippen LogP contribution in [0.25, 0.3) is 0 Å². The number of hydrogen-bond acceptors (Lipinski definition) is 4. The maximum absolute atomic E-state index is 12.8. The van der Waals surface area contributed by atoms with Crippen molar-refractivity contribution in [2.45, 2.75) is 5.75 Å². The Hall–Kier alpha value is -1.86. The highest BCUT2D eigenvalue weighted by Gasteiger charge is 2.13. The molecule has 0 saturated heterocycles. The van der Waals surface area contributed by atoms with E-state index in [0.717, 1.165) is 5.75 Å². The predicted octanol–water partition coefficient (Wildman–Crippen LogP) is 3.22. The molecule has 2 aromatic rings. The summed E-state index contributed by atoms with van der Waals surface area (Å²) in [5.41, 5.74) is 0.504. The van der Waals surface area contributed by atoms with Gasteiger partial charge in [0, 0.05) is 23.4 Å². The van der Waals surface area contributed by atoms with Crippen LogP contribution in [-0.2, 0) is 15.3 Å². The van der Waals surface area contributed by atoms with E-state index >= 15 is 0 Å². The Kier molecular flexibility index (Phi) is 6.61. The van der Waals surface area contributed by atoms with Crippen LogP contribution in [0.2, 0.25) is 0 Å². The molecule has 1 heterocycles. The molecule has 0 spiro atoms. The first-order valence-corrected chi connectivity index (χ1v) is 8.97. The molecule has 0 fully saturated rings. The van der Waals surface area contributed by atoms with E-state index in [2.05, 4.69) is 5.32 Å². The molecular weight excluding hydrogens is 335 g/mol. The second-order valence-corrected chi connectivity index (χ2v) is 6.89. The predicted molar refractivity (Wildman–Crippen MR) is 93.1 cm³/mol. The minimum absolute atomic E-state index is 0.0320. The number of anilines is 1. The Balaban J connectivity index is 1.71. The smallest absolute Gasteiger partial charge is 0.243 e. The lowest BCUT2D eigenvalue weighted by molar-refractivity contribution is -0.131. The number of nitrogens with one attached hydrogen (secondary N) is 1. The van der Waals surface area contributed by atoms with Gasteiger partial charge in [0.15, 0.2) is 0 Å². The van der Waals surface area contributed by atoms with Crippen molar-refractivity contribution >= 4 is 40.6 Å². The fourth-order valence-corrected chi connectivity index (χ4v) is 3.59. The van der Waals surface area contributed by atoms with E-state index in [1.807, 2.05) is 17.5 Å². The van der Waals surface area contributed by atoms with Gasteiger partial charge in [-0.3, -0.25) is 9.59 Å². The topological polar surface area (TPSA) is 49.4 Å². The fraction of sp³-hybridized carbons (Fsp3) is 0.250. The normalized spacial score (nSPS) is 10.3. The molecule has 0 aliphatic rings. The first-order valence-electron chi connectivity index (χ1n) is 6.94. The maximum atomic E-state index is 12.8. The van der Waals surface area contributed by atoms with Crippen molar-refractivity contribution in [3.05, 3.63) is 52.5 Å². The molecule has 1 N–H and O–H groups in total. The summed E-state index contributed by atoms with van der Waals surface area (Å²) in [6.07, 6.45) is 0. The standard InChI is InChI=1S/C16H17FN2O2S2/c1-19(16(21)11-22-10-14-3-2-8-23-14)9-15(20)18-13-6-4-12(17)5-7-13/h2-8H,9-11H2,1H3,(H,18,20). The van der Waals surface area contributed by atoms with Crippen LogP contribution in [0.3, 0.4) is 0 Å². The van der Waals surface area contributed by atoms with Gasteiger partial charge in [0.1, 0.15) is 5.82 Å². The Morgan fingerprint density at radius 3 is 2.65 bits per heavy atom. The molecule has 0 aliphatic heterocycles. The molecule has 0 saturated carbocycles. The summed E-state index contributed by atoms with van der Waals surface area (Å²) in [5.74, 6) is 0.353. The second-order valence-electron chi connectivity index (χ2n) is 4.88. The van der Waals surface area contributed by atoms with Crippen LogP contribution in [0.1, 0.15) is 4.88 Å². The second kappa shape index (κ2) is 8.69. The van der Waals surface area contributed by atoms with Crippen LogP contribution in [0.4, 0.5) is 10.1 Å². The monoisotopic (exact) mass is 352 g/mol. The number of thioether (sulfide) groups is 1. The Bertz CT molecular complexity index is 645. The van der Waals surface area contributed by atoms with E-state index in [1.165, 1.54) is 45.8 Å². The third kappa shape index (κ3) is 6.03. The number of thiophene rings is 1. The number of halogens is 1. The maximum Gasteiger partial charge on any atom is 0.243 e. The average molecular weight is 352 g/mol. The number of carbonyl (C=O) groups excluding carboxylic acids is 2. The molecule has 1 aromatic heterocycles. The molecule has 2 amide bonds. The molecule has 1 aromatic carbocycles. The molecule has 7 heteroatoms. The van der Waals surface area contributed by atoms with Gasteiger partial charge in [-0.05, 0) is 35.7 Å². The largest absolute Gasteiger partial charge is 0.336 e. The van der Waals surface area contributed by atoms with Crippen molar-refractivity contribution < 1.29 is 14.0 Å². The summed E-state index contributed by atoms with van der Waals surface area (Å²) in [7, 11) is 1.60. The molecule has 2 rings (SSSR count). The van der Waals surface area contributed by atoms with Gasteiger partial charge < -0.3 is 10.2 Å². The summed E-state index contributed by atoms with van der Waals surface area (Å²) < 4.78 is 12.8. The minimum Gasteiger partial charge on any atom is -0.336 e. The molecule has 0 radical (unpaired) electrons. The van der Waals surface area contributed by atoms with Crippen molar-refractivity contribution in [1.29, 1.82) is 0 Å². The zero-order valence-corrected chi connectivity index (χ0v) is 14.3. The zero-order valence-electron chi connectivity index (χ0n) is 12.6. The molecule has 0 aliphatic carbocycles. The number of rotatable bonds is 7. The van der Waals surface area contributed by atoms with E-state index < -0.39 is 0 Å². The van der Waals surface area contributed by atoms with Crippen LogP contribution in [-0.4, -0.2) is 36.1 Å². The van der Waals surface area contributed by atoms with E-state index in [9.17, 15) is 14.0 Å². The van der Waals surface area contributed by atoms with E-state index in [0.29, 0.717) is 11.4 Å². The van der Waals surface area contributed by atoms with Crippen LogP contribution in [0.15, 0.2) is 41.8 Å². The van der Waals surface area contributed by atoms with Crippen molar-refractivity contribution in [3.63, 3.8) is 0 Å². The molecule has 4 nitrogen and oxygen atoms in total. The molecule has 0 unspecified atom stereocenters. The number of amides is 2. The van der Waals surface area contributed by atoms with Gasteiger partial charge in [0.25, 0.3) is 0 Å². The Morgan fingerprint density at radius 2 is 2.00 bits per heavy atom. The van der Waals surface area contributed by atoms with Crippen molar-refractivity contribution in [2.75, 3.05) is 24.7 Å². The average Bonchev–Trinajstić information content (AvgIpc) is 3.02. The van der Waals surface area contributed by atoms with Gasteiger partial charge in [-0.1, -0.05) is 6.07 Å². The van der Waals surface area contributed by atoms with Crippen LogP contribution >= 0.6 is 23.1 Å². The van der Waals surface area contributed by atoms with Crippen molar-refractivity contribution in [3.8, 4) is 0 Å². The van der Waals surface area contributed by atoms with Gasteiger partial charge in [-0.2, -0.15) is 0 Å². The Morgan fingerprint density at radius 1 is 1.26 bits per heavy atom. The Labute approximate surface area is 142 Å². The summed E-state index contributed by atoms with van der Waals surface area (Å²) in [6.45, 7) is -0.0320. The summed E-state index contributed by atoms with van der Waals surface area (Å²) in [6, 6.07) is 9.51. The van der Waals surface area contributed by atoms with Gasteiger partial charge >= 0.3 is 0 Å². The van der Waals surface area contributed by atoms with Gasteiger partial charge in [-0.25, -0.2) is 4.39 Å². The summed E-state index contributed by atoms with van der Waals surface area (Å²) >= 11 is 3.19. The highest BCUT2D eigenvalue weighted by Crippen LogP contribution is 2.17. The van der Waals surface area contributed by atoms with Gasteiger partial charge in [0.2, 0.25) is 11.8 Å². The highest BCUT2D eigenvalue weighted by atomic mass is 32.2. The minimum atomic E-state index is -0.363. The zero-order chi connectivity index (χ0) is 16.7. The lowest BCUT2D eigenvalue weighted by Crippen LogP contribution is -2.35. The van der Waals surface area contributed by atoms with Crippen LogP contribution in [0, 0.1) is 5.82 Å². The van der Waals surface area contributed by atoms with Crippen molar-refractivity contribution in [2.24, 2.45) is 0 Å². The highest BCUT2D eigenvalue weighted by molar-refractivity contribution is 7.99. The first kappa shape index (κ1) is 17.5. The quantitative estimate of drug-likeness (QED) is 0.832. The van der Waals surface area contributed by atoms with Gasteiger partial charge in [0.05, 0.1) is 12.3 Å². The first-order chi connectivity index (χ1) is 11.0. The third-order valence-corrected chi connectivity index (χ3v) is 5.01. The molecule has 23 heavy (non-hydrogen) atoms. The fourth-order valence-electron chi connectivity index (χ4n) is 1.78. The van der Waals surface area contributed by atoms with E-state index in [4.69, 9.17) is 0 Å². The number of nitrogens with zero attached hydrogens (tertiary/aromatic N) is 1. The van der Waals surface area contributed by atoms with E-state index in [-0.39, 0.29) is 24.2 Å². The van der Waals surface area contributed by atoms with Gasteiger partial charge in [-0.15, -0.1) is 23.1 Å². The number of carbonyl (C=O) groups is 2.